The molecule has 0 saturated heterocycles. The quantitative estimate of drug-likeness (QED) is 0.186. The number of hydrogen-bond acceptors (Lipinski definition) is 2. The first kappa shape index (κ1) is 23.4. The second kappa shape index (κ2) is 16.5. The number of carbonyl (C=O) groups is 1. The maximum atomic E-state index is 11.4. The van der Waals surface area contributed by atoms with Gasteiger partial charge in [0.1, 0.15) is 0 Å². The van der Waals surface area contributed by atoms with Crippen LogP contribution in [0.3, 0.4) is 0 Å². The van der Waals surface area contributed by atoms with Gasteiger partial charge in [-0.25, -0.2) is 4.79 Å². The van der Waals surface area contributed by atoms with Gasteiger partial charge in [-0.3, -0.25) is 0 Å². The summed E-state index contributed by atoms with van der Waals surface area (Å²) in [5.74, 6) is -0.423. The van der Waals surface area contributed by atoms with Crippen molar-refractivity contribution in [1.29, 1.82) is 0 Å². The number of rotatable bonds is 17. The maximum absolute atomic E-state index is 11.4. The van der Waals surface area contributed by atoms with E-state index in [1.165, 1.54) is 89.5 Å². The highest BCUT2D eigenvalue weighted by Crippen LogP contribution is 2.13. The summed E-state index contributed by atoms with van der Waals surface area (Å²) in [6, 6.07) is 5.86. The second-order valence-corrected chi connectivity index (χ2v) is 7.48. The summed E-state index contributed by atoms with van der Waals surface area (Å²) < 4.78 is 1.56. The lowest BCUT2D eigenvalue weighted by atomic mass is 10.0. The van der Waals surface area contributed by atoms with Gasteiger partial charge < -0.3 is 0 Å². The average molecular weight is 375 g/mol. The molecule has 0 atom stereocenters. The lowest BCUT2D eigenvalue weighted by molar-refractivity contribution is -0.874. The zero-order valence-electron chi connectivity index (χ0n) is 17.5. The fourth-order valence-corrected chi connectivity index (χ4v) is 3.38. The standard InChI is InChI=1S/C24H40NO2/c1-3-5-6-7-8-9-10-11-12-13-14-15-16-17-20-23-21-18-19-22-25(23)27-24(26)4-2/h4,18-19,21-22H,2-3,5-17,20H2,1H3/q+1. The molecule has 3 heteroatoms. The Morgan fingerprint density at radius 2 is 1.41 bits per heavy atom. The predicted molar refractivity (Wildman–Crippen MR) is 112 cm³/mol. The van der Waals surface area contributed by atoms with Crippen LogP contribution in [0.5, 0.6) is 0 Å². The molecule has 0 saturated carbocycles. The van der Waals surface area contributed by atoms with Crippen molar-refractivity contribution in [2.45, 2.75) is 103 Å². The smallest absolute Gasteiger partial charge is 0.239 e. The molecule has 1 heterocycles. The molecule has 0 bridgehead atoms. The van der Waals surface area contributed by atoms with Crippen LogP contribution < -0.4 is 9.57 Å². The number of pyridine rings is 1. The Kier molecular flexibility index (Phi) is 14.3. The maximum Gasteiger partial charge on any atom is 0.403 e. The van der Waals surface area contributed by atoms with E-state index in [1.54, 1.807) is 10.9 Å². The molecule has 0 spiro atoms. The van der Waals surface area contributed by atoms with Gasteiger partial charge in [0.05, 0.1) is 0 Å². The minimum atomic E-state index is -0.423. The summed E-state index contributed by atoms with van der Waals surface area (Å²) in [6.45, 7) is 5.72. The average Bonchev–Trinajstić information content (AvgIpc) is 2.69. The number of aromatic nitrogens is 1. The second-order valence-electron chi connectivity index (χ2n) is 7.48. The molecule has 0 amide bonds. The van der Waals surface area contributed by atoms with Crippen LogP contribution in [0.4, 0.5) is 0 Å². The first-order valence-electron chi connectivity index (χ1n) is 11.1. The largest absolute Gasteiger partial charge is 0.403 e. The van der Waals surface area contributed by atoms with Crippen molar-refractivity contribution < 1.29 is 14.4 Å². The fraction of sp³-hybridized carbons (Fsp3) is 0.667. The van der Waals surface area contributed by atoms with Crippen molar-refractivity contribution in [3.05, 3.63) is 42.7 Å². The van der Waals surface area contributed by atoms with E-state index in [0.717, 1.165) is 18.5 Å². The molecule has 3 nitrogen and oxygen atoms in total. The highest BCUT2D eigenvalue weighted by atomic mass is 16.7. The fourth-order valence-electron chi connectivity index (χ4n) is 3.38. The van der Waals surface area contributed by atoms with Crippen LogP contribution in [0.2, 0.25) is 0 Å². The molecule has 0 radical (unpaired) electrons. The van der Waals surface area contributed by atoms with Gasteiger partial charge >= 0.3 is 5.97 Å². The summed E-state index contributed by atoms with van der Waals surface area (Å²) in [5.41, 5.74) is 1.03. The van der Waals surface area contributed by atoms with Gasteiger partial charge in [-0.15, -0.1) is 0 Å². The third-order valence-corrected chi connectivity index (χ3v) is 5.05. The SMILES string of the molecule is C=CC(=O)O[n+]1ccccc1CCCCCCCCCCCCCCCC. The number of hydrogen-bond donors (Lipinski definition) is 0. The van der Waals surface area contributed by atoms with Gasteiger partial charge in [0.2, 0.25) is 11.9 Å². The molecule has 152 valence electrons. The Morgan fingerprint density at radius 3 is 1.93 bits per heavy atom. The molecule has 0 N–H and O–H groups in total. The van der Waals surface area contributed by atoms with Crippen LogP contribution in [-0.2, 0) is 11.2 Å². The third kappa shape index (κ3) is 12.4. The molecule has 1 aromatic rings. The third-order valence-electron chi connectivity index (χ3n) is 5.05. The first-order valence-corrected chi connectivity index (χ1v) is 11.1. The summed E-state index contributed by atoms with van der Waals surface area (Å²) in [6.07, 6.45) is 23.0. The van der Waals surface area contributed by atoms with Crippen LogP contribution in [0, 0.1) is 0 Å². The molecule has 0 fully saturated rings. The van der Waals surface area contributed by atoms with Crippen molar-refractivity contribution in [2.24, 2.45) is 0 Å². The monoisotopic (exact) mass is 374 g/mol. The lowest BCUT2D eigenvalue weighted by Gasteiger charge is -2.03. The zero-order valence-corrected chi connectivity index (χ0v) is 17.5. The summed E-state index contributed by atoms with van der Waals surface area (Å²) in [7, 11) is 0. The van der Waals surface area contributed by atoms with Crippen molar-refractivity contribution >= 4 is 5.97 Å². The van der Waals surface area contributed by atoms with Crippen molar-refractivity contribution in [3.63, 3.8) is 0 Å². The zero-order chi connectivity index (χ0) is 19.6. The molecule has 1 rings (SSSR count). The van der Waals surface area contributed by atoms with Crippen molar-refractivity contribution in [2.75, 3.05) is 0 Å². The molecular formula is C24H40NO2+. The van der Waals surface area contributed by atoms with Crippen LogP contribution in [0.1, 0.15) is 103 Å². The predicted octanol–water partition coefficient (Wildman–Crippen LogP) is 6.14. The molecule has 0 unspecified atom stereocenters. The van der Waals surface area contributed by atoms with Gasteiger partial charge in [0, 0.05) is 29.4 Å². The number of unbranched alkanes of at least 4 members (excludes halogenated alkanes) is 13. The van der Waals surface area contributed by atoms with E-state index in [9.17, 15) is 4.79 Å². The van der Waals surface area contributed by atoms with Crippen LogP contribution in [-0.4, -0.2) is 5.97 Å². The van der Waals surface area contributed by atoms with Crippen LogP contribution in [0.15, 0.2) is 37.1 Å². The van der Waals surface area contributed by atoms with Crippen molar-refractivity contribution in [3.8, 4) is 0 Å². The van der Waals surface area contributed by atoms with Gasteiger partial charge in [0.15, 0.2) is 0 Å². The first-order chi connectivity index (χ1) is 13.3. The van der Waals surface area contributed by atoms with E-state index >= 15 is 0 Å². The minimum absolute atomic E-state index is 0.423. The highest BCUT2D eigenvalue weighted by molar-refractivity contribution is 5.80. The Morgan fingerprint density at radius 1 is 0.889 bits per heavy atom. The summed E-state index contributed by atoms with van der Waals surface area (Å²) in [4.78, 5) is 16.6. The number of nitrogens with zero attached hydrogens (tertiary/aromatic N) is 1. The van der Waals surface area contributed by atoms with E-state index in [0.29, 0.717) is 0 Å². The Bertz CT molecular complexity index is 513. The molecule has 0 aliphatic heterocycles. The van der Waals surface area contributed by atoms with E-state index in [2.05, 4.69) is 13.5 Å². The van der Waals surface area contributed by atoms with E-state index < -0.39 is 5.97 Å². The summed E-state index contributed by atoms with van der Waals surface area (Å²) in [5, 5.41) is 0. The Labute approximate surface area is 166 Å². The molecular weight excluding hydrogens is 334 g/mol. The minimum Gasteiger partial charge on any atom is -0.239 e. The Balaban J connectivity index is 1.97. The molecule has 27 heavy (non-hydrogen) atoms. The van der Waals surface area contributed by atoms with E-state index in [1.807, 2.05) is 18.2 Å². The van der Waals surface area contributed by atoms with Gasteiger partial charge in [-0.2, -0.15) is 4.84 Å². The molecule has 0 aliphatic carbocycles. The number of aryl methyl sites for hydroxylation is 1. The molecule has 0 aliphatic rings. The molecule has 1 aromatic heterocycles. The van der Waals surface area contributed by atoms with Gasteiger partial charge in [-0.05, 0) is 12.5 Å². The molecule has 0 aromatic carbocycles. The lowest BCUT2D eigenvalue weighted by Crippen LogP contribution is -2.48. The van der Waals surface area contributed by atoms with Gasteiger partial charge in [0.25, 0.3) is 0 Å². The highest BCUT2D eigenvalue weighted by Gasteiger charge is 2.14. The summed E-state index contributed by atoms with van der Waals surface area (Å²) >= 11 is 0. The van der Waals surface area contributed by atoms with E-state index in [-0.39, 0.29) is 0 Å². The topological polar surface area (TPSA) is 30.2 Å². The van der Waals surface area contributed by atoms with Crippen LogP contribution in [0.25, 0.3) is 0 Å². The van der Waals surface area contributed by atoms with Crippen LogP contribution >= 0.6 is 0 Å². The van der Waals surface area contributed by atoms with Gasteiger partial charge in [-0.1, -0.05) is 97.0 Å². The van der Waals surface area contributed by atoms with E-state index in [4.69, 9.17) is 4.84 Å². The Hall–Kier alpha value is -1.64. The number of carbonyl (C=O) groups excluding carboxylic acids is 1. The normalized spacial score (nSPS) is 10.7. The van der Waals surface area contributed by atoms with Crippen molar-refractivity contribution in [1.82, 2.24) is 0 Å².